The molecule has 4 rings (SSSR count). The number of hydrogen-bond donors (Lipinski definition) is 1. The van der Waals surface area contributed by atoms with E-state index in [1.54, 1.807) is 11.3 Å². The average molecular weight is 405 g/mol. The Balaban J connectivity index is 0.000000260. The molecule has 3 atom stereocenters. The van der Waals surface area contributed by atoms with Crippen molar-refractivity contribution in [3.05, 3.63) is 34.1 Å². The Morgan fingerprint density at radius 3 is 2.70 bits per heavy atom. The Morgan fingerprint density at radius 2 is 2.19 bits per heavy atom. The SMILES string of the molecule is Cc1noc([C@@H]2C[C@H]3CN(Cc4ccsc4)C[C@H]3O2)n1.O=C(O)C(F)(F)F. The number of thiophene rings is 1. The van der Waals surface area contributed by atoms with E-state index in [-0.39, 0.29) is 6.10 Å². The molecule has 148 valence electrons. The van der Waals surface area contributed by atoms with Crippen LogP contribution in [0.3, 0.4) is 0 Å². The molecule has 0 aliphatic carbocycles. The zero-order chi connectivity index (χ0) is 19.6. The first-order valence-corrected chi connectivity index (χ1v) is 9.16. The topological polar surface area (TPSA) is 88.7 Å². The van der Waals surface area contributed by atoms with E-state index in [1.165, 1.54) is 5.56 Å². The molecule has 1 N–H and O–H groups in total. The second-order valence-corrected chi connectivity index (χ2v) is 7.25. The van der Waals surface area contributed by atoms with Gasteiger partial charge in [-0.3, -0.25) is 4.90 Å². The van der Waals surface area contributed by atoms with Crippen LogP contribution in [0.25, 0.3) is 0 Å². The fourth-order valence-corrected chi connectivity index (χ4v) is 3.88. The molecule has 4 heterocycles. The van der Waals surface area contributed by atoms with Crippen molar-refractivity contribution in [3.8, 4) is 0 Å². The Kier molecular flexibility index (Phi) is 5.82. The number of likely N-dealkylation sites (tertiary alicyclic amines) is 1. The summed E-state index contributed by atoms with van der Waals surface area (Å²) in [6, 6.07) is 2.20. The van der Waals surface area contributed by atoms with E-state index in [2.05, 4.69) is 31.9 Å². The molecule has 2 aromatic rings. The highest BCUT2D eigenvalue weighted by molar-refractivity contribution is 7.07. The van der Waals surface area contributed by atoms with E-state index in [4.69, 9.17) is 19.2 Å². The first-order valence-electron chi connectivity index (χ1n) is 8.21. The molecule has 0 amide bonds. The number of hydrogen-bond acceptors (Lipinski definition) is 7. The van der Waals surface area contributed by atoms with Crippen LogP contribution in [0.2, 0.25) is 0 Å². The van der Waals surface area contributed by atoms with Gasteiger partial charge in [0.1, 0.15) is 6.10 Å². The van der Waals surface area contributed by atoms with Crippen LogP contribution >= 0.6 is 11.3 Å². The minimum Gasteiger partial charge on any atom is -0.475 e. The molecule has 2 aliphatic rings. The molecule has 0 bridgehead atoms. The highest BCUT2D eigenvalue weighted by Gasteiger charge is 2.44. The van der Waals surface area contributed by atoms with Crippen molar-refractivity contribution in [2.45, 2.75) is 38.3 Å². The summed E-state index contributed by atoms with van der Waals surface area (Å²) in [5.41, 5.74) is 1.40. The lowest BCUT2D eigenvalue weighted by Gasteiger charge is -2.17. The second kappa shape index (κ2) is 7.95. The maximum absolute atomic E-state index is 10.6. The van der Waals surface area contributed by atoms with Gasteiger partial charge in [0.2, 0.25) is 0 Å². The molecule has 7 nitrogen and oxygen atoms in total. The van der Waals surface area contributed by atoms with Crippen molar-refractivity contribution in [2.75, 3.05) is 13.1 Å². The van der Waals surface area contributed by atoms with Crippen LogP contribution in [0.1, 0.15) is 29.8 Å². The van der Waals surface area contributed by atoms with Crippen molar-refractivity contribution in [2.24, 2.45) is 5.92 Å². The maximum Gasteiger partial charge on any atom is 0.490 e. The number of fused-ring (bicyclic) bond motifs is 1. The molecule has 0 saturated carbocycles. The third kappa shape index (κ3) is 5.05. The molecule has 2 aromatic heterocycles. The molecule has 0 aromatic carbocycles. The first-order chi connectivity index (χ1) is 12.7. The van der Waals surface area contributed by atoms with Crippen LogP contribution in [0.4, 0.5) is 13.2 Å². The van der Waals surface area contributed by atoms with Gasteiger partial charge in [-0.15, -0.1) is 0 Å². The lowest BCUT2D eigenvalue weighted by Crippen LogP contribution is -2.23. The molecule has 2 saturated heterocycles. The minimum absolute atomic E-state index is 0.00509. The summed E-state index contributed by atoms with van der Waals surface area (Å²) in [6.45, 7) is 4.98. The van der Waals surface area contributed by atoms with E-state index in [0.29, 0.717) is 23.7 Å². The lowest BCUT2D eigenvalue weighted by atomic mass is 10.0. The number of rotatable bonds is 3. The molecule has 0 unspecified atom stereocenters. The number of carboxylic acids is 1. The Hall–Kier alpha value is -1.98. The standard InChI is InChI=1S/C14H17N3O2S.C2HF3O2/c1-9-15-14(19-16-9)12-4-11-6-17(7-13(11)18-12)5-10-2-3-20-8-10;3-2(4,5)1(6)7/h2-3,8,11-13H,4-7H2,1H3;(H,6,7)/t11-,12-,13+;/m0./s1. The van der Waals surface area contributed by atoms with Gasteiger partial charge in [-0.1, -0.05) is 5.16 Å². The van der Waals surface area contributed by atoms with Crippen LogP contribution in [-0.4, -0.2) is 51.5 Å². The fraction of sp³-hybridized carbons (Fsp3) is 0.562. The molecule has 2 fully saturated rings. The van der Waals surface area contributed by atoms with Gasteiger partial charge >= 0.3 is 12.1 Å². The number of alkyl halides is 3. The maximum atomic E-state index is 10.6. The van der Waals surface area contributed by atoms with Crippen molar-refractivity contribution in [3.63, 3.8) is 0 Å². The van der Waals surface area contributed by atoms with Crippen LogP contribution in [0.5, 0.6) is 0 Å². The zero-order valence-corrected chi connectivity index (χ0v) is 15.2. The monoisotopic (exact) mass is 405 g/mol. The Bertz CT molecular complexity index is 751. The number of aliphatic carboxylic acids is 1. The highest BCUT2D eigenvalue weighted by Crippen LogP contribution is 2.40. The molecule has 27 heavy (non-hydrogen) atoms. The number of carboxylic acid groups (broad SMARTS) is 1. The third-order valence-corrected chi connectivity index (χ3v) is 5.09. The summed E-state index contributed by atoms with van der Waals surface area (Å²) in [4.78, 5) is 15.7. The van der Waals surface area contributed by atoms with Gasteiger partial charge in [-0.25, -0.2) is 4.79 Å². The highest BCUT2D eigenvalue weighted by atomic mass is 32.1. The Morgan fingerprint density at radius 1 is 1.44 bits per heavy atom. The smallest absolute Gasteiger partial charge is 0.475 e. The average Bonchev–Trinajstić information content (AvgIpc) is 3.31. The zero-order valence-electron chi connectivity index (χ0n) is 14.3. The van der Waals surface area contributed by atoms with E-state index in [9.17, 15) is 13.2 Å². The summed E-state index contributed by atoms with van der Waals surface area (Å²) < 4.78 is 43.1. The lowest BCUT2D eigenvalue weighted by molar-refractivity contribution is -0.192. The van der Waals surface area contributed by atoms with E-state index in [0.717, 1.165) is 26.1 Å². The van der Waals surface area contributed by atoms with Crippen LogP contribution in [0.15, 0.2) is 21.3 Å². The van der Waals surface area contributed by atoms with Gasteiger partial charge in [-0.05, 0) is 35.7 Å². The number of halogens is 3. The molecule has 0 spiro atoms. The van der Waals surface area contributed by atoms with Crippen LogP contribution in [-0.2, 0) is 16.1 Å². The number of carbonyl (C=O) groups is 1. The fourth-order valence-electron chi connectivity index (χ4n) is 3.22. The van der Waals surface area contributed by atoms with Crippen molar-refractivity contribution in [1.82, 2.24) is 15.0 Å². The van der Waals surface area contributed by atoms with Gasteiger partial charge in [0.05, 0.1) is 6.10 Å². The summed E-state index contributed by atoms with van der Waals surface area (Å²) in [7, 11) is 0. The number of aromatic nitrogens is 2. The third-order valence-electron chi connectivity index (χ3n) is 4.36. The van der Waals surface area contributed by atoms with Crippen LogP contribution < -0.4 is 0 Å². The van der Waals surface area contributed by atoms with Gasteiger partial charge < -0.3 is 14.4 Å². The number of ether oxygens (including phenoxy) is 1. The molecular weight excluding hydrogens is 387 g/mol. The Labute approximate surface area is 156 Å². The summed E-state index contributed by atoms with van der Waals surface area (Å²) >= 11 is 1.76. The van der Waals surface area contributed by atoms with Gasteiger partial charge in [0.15, 0.2) is 5.82 Å². The predicted octanol–water partition coefficient (Wildman–Crippen LogP) is 3.03. The number of aryl methyl sites for hydroxylation is 1. The summed E-state index contributed by atoms with van der Waals surface area (Å²) in [5.74, 6) is -0.848. The van der Waals surface area contributed by atoms with Crippen molar-refractivity contribution < 1.29 is 32.3 Å². The quantitative estimate of drug-likeness (QED) is 0.840. The summed E-state index contributed by atoms with van der Waals surface area (Å²) in [5, 5.41) is 15.3. The molecular formula is C16H18F3N3O4S. The molecule has 11 heteroatoms. The minimum atomic E-state index is -5.08. The van der Waals surface area contributed by atoms with E-state index >= 15 is 0 Å². The van der Waals surface area contributed by atoms with Gasteiger partial charge in [0, 0.05) is 25.6 Å². The normalized spacial score (nSPS) is 25.1. The summed E-state index contributed by atoms with van der Waals surface area (Å²) in [6.07, 6.45) is -3.78. The predicted molar refractivity (Wildman–Crippen MR) is 88.0 cm³/mol. The van der Waals surface area contributed by atoms with E-state index in [1.807, 2.05) is 6.92 Å². The largest absolute Gasteiger partial charge is 0.490 e. The van der Waals surface area contributed by atoms with Gasteiger partial charge in [-0.2, -0.15) is 29.5 Å². The van der Waals surface area contributed by atoms with Gasteiger partial charge in [0.25, 0.3) is 5.89 Å². The first kappa shape index (κ1) is 19.8. The second-order valence-electron chi connectivity index (χ2n) is 6.47. The van der Waals surface area contributed by atoms with Crippen LogP contribution in [0, 0.1) is 12.8 Å². The molecule has 0 radical (unpaired) electrons. The van der Waals surface area contributed by atoms with Crippen molar-refractivity contribution in [1.29, 1.82) is 0 Å². The number of nitrogens with zero attached hydrogens (tertiary/aromatic N) is 3. The molecule has 2 aliphatic heterocycles. The van der Waals surface area contributed by atoms with Crippen molar-refractivity contribution >= 4 is 17.3 Å². The van der Waals surface area contributed by atoms with E-state index < -0.39 is 12.1 Å².